The van der Waals surface area contributed by atoms with Gasteiger partial charge in [-0.2, -0.15) is 0 Å². The molecule has 0 N–H and O–H groups in total. The second-order valence-electron chi connectivity index (χ2n) is 5.06. The Morgan fingerprint density at radius 3 is 2.28 bits per heavy atom. The van der Waals surface area contributed by atoms with E-state index in [0.29, 0.717) is 12.8 Å². The van der Waals surface area contributed by atoms with Gasteiger partial charge in [-0.3, -0.25) is 9.63 Å². The average molecular weight is 249 g/mol. The SMILES string of the molecule is CC(C)(C)ON(C=O)[C@@H](C=O)Cc1ccccc1. The molecule has 0 radical (unpaired) electrons. The Morgan fingerprint density at radius 2 is 1.83 bits per heavy atom. The van der Waals surface area contributed by atoms with Crippen molar-refractivity contribution >= 4 is 12.7 Å². The Balaban J connectivity index is 2.75. The number of hydrogen-bond acceptors (Lipinski definition) is 3. The molecule has 0 spiro atoms. The molecule has 0 heterocycles. The smallest absolute Gasteiger partial charge is 0.234 e. The molecule has 98 valence electrons. The molecule has 1 rings (SSSR count). The Morgan fingerprint density at radius 1 is 1.22 bits per heavy atom. The topological polar surface area (TPSA) is 46.6 Å². The largest absolute Gasteiger partial charge is 0.301 e. The second-order valence-corrected chi connectivity index (χ2v) is 5.06. The van der Waals surface area contributed by atoms with Gasteiger partial charge in [-0.1, -0.05) is 30.3 Å². The van der Waals surface area contributed by atoms with E-state index in [1.165, 1.54) is 0 Å². The fraction of sp³-hybridized carbons (Fsp3) is 0.429. The first-order valence-corrected chi connectivity index (χ1v) is 5.88. The molecule has 0 unspecified atom stereocenters. The number of benzene rings is 1. The number of rotatable bonds is 6. The van der Waals surface area contributed by atoms with Crippen LogP contribution in [0.5, 0.6) is 0 Å². The van der Waals surface area contributed by atoms with Crippen molar-refractivity contribution in [2.45, 2.75) is 38.8 Å². The Hall–Kier alpha value is -1.68. The van der Waals surface area contributed by atoms with Crippen molar-refractivity contribution in [3.05, 3.63) is 35.9 Å². The van der Waals surface area contributed by atoms with Crippen molar-refractivity contribution in [1.29, 1.82) is 0 Å². The van der Waals surface area contributed by atoms with Gasteiger partial charge in [-0.15, -0.1) is 0 Å². The molecule has 0 saturated carbocycles. The molecule has 1 aromatic rings. The summed E-state index contributed by atoms with van der Waals surface area (Å²) in [6, 6.07) is 8.92. The molecule has 1 atom stereocenters. The van der Waals surface area contributed by atoms with Crippen LogP contribution in [0.4, 0.5) is 0 Å². The maximum Gasteiger partial charge on any atom is 0.234 e. The van der Waals surface area contributed by atoms with Crippen LogP contribution in [0.15, 0.2) is 30.3 Å². The van der Waals surface area contributed by atoms with Crippen LogP contribution in [-0.2, 0) is 20.8 Å². The predicted molar refractivity (Wildman–Crippen MR) is 68.7 cm³/mol. The van der Waals surface area contributed by atoms with Gasteiger partial charge in [0.2, 0.25) is 6.41 Å². The summed E-state index contributed by atoms with van der Waals surface area (Å²) in [5.74, 6) is 0. The van der Waals surface area contributed by atoms with Crippen LogP contribution in [-0.4, -0.2) is 29.4 Å². The highest BCUT2D eigenvalue weighted by Crippen LogP contribution is 2.13. The van der Waals surface area contributed by atoms with Crippen molar-refractivity contribution in [2.75, 3.05) is 0 Å². The highest BCUT2D eigenvalue weighted by Gasteiger charge is 2.23. The Bertz CT molecular complexity index is 384. The summed E-state index contributed by atoms with van der Waals surface area (Å²) in [6.45, 7) is 5.48. The normalized spacial score (nSPS) is 12.8. The zero-order valence-corrected chi connectivity index (χ0v) is 11.0. The molecule has 1 aromatic carbocycles. The zero-order valence-electron chi connectivity index (χ0n) is 11.0. The van der Waals surface area contributed by atoms with Gasteiger partial charge in [0.05, 0.1) is 5.60 Å². The van der Waals surface area contributed by atoms with Crippen LogP contribution in [0.3, 0.4) is 0 Å². The fourth-order valence-corrected chi connectivity index (χ4v) is 1.54. The monoisotopic (exact) mass is 249 g/mol. The zero-order chi connectivity index (χ0) is 13.6. The summed E-state index contributed by atoms with van der Waals surface area (Å²) >= 11 is 0. The molecule has 0 aromatic heterocycles. The minimum atomic E-state index is -0.607. The van der Waals surface area contributed by atoms with Crippen molar-refractivity contribution < 1.29 is 14.4 Å². The lowest BCUT2D eigenvalue weighted by Crippen LogP contribution is -2.42. The average Bonchev–Trinajstić information content (AvgIpc) is 2.33. The van der Waals surface area contributed by atoms with Crippen molar-refractivity contribution in [3.63, 3.8) is 0 Å². The maximum atomic E-state index is 11.1. The van der Waals surface area contributed by atoms with Gasteiger partial charge >= 0.3 is 0 Å². The quantitative estimate of drug-likeness (QED) is 0.572. The van der Waals surface area contributed by atoms with Crippen molar-refractivity contribution in [1.82, 2.24) is 5.06 Å². The standard InChI is InChI=1S/C14H19NO3/c1-14(2,3)18-15(11-17)13(10-16)9-12-7-5-4-6-8-12/h4-8,10-11,13H,9H2,1-3H3/t13-/m1/s1. The molecule has 0 aliphatic rings. The molecule has 4 nitrogen and oxygen atoms in total. The highest BCUT2D eigenvalue weighted by molar-refractivity contribution is 5.63. The number of nitrogens with zero attached hydrogens (tertiary/aromatic N) is 1. The summed E-state index contributed by atoms with van der Waals surface area (Å²) in [6.07, 6.45) is 1.72. The number of aldehydes is 1. The maximum absolute atomic E-state index is 11.1. The van der Waals surface area contributed by atoms with E-state index >= 15 is 0 Å². The van der Waals surface area contributed by atoms with Crippen LogP contribution >= 0.6 is 0 Å². The molecule has 1 amide bonds. The van der Waals surface area contributed by atoms with Crippen LogP contribution in [0.2, 0.25) is 0 Å². The Labute approximate surface area is 108 Å². The minimum Gasteiger partial charge on any atom is -0.301 e. The van der Waals surface area contributed by atoms with Crippen LogP contribution < -0.4 is 0 Å². The van der Waals surface area contributed by atoms with E-state index < -0.39 is 11.6 Å². The van der Waals surface area contributed by atoms with Crippen LogP contribution in [0.1, 0.15) is 26.3 Å². The summed E-state index contributed by atoms with van der Waals surface area (Å²) < 4.78 is 0. The van der Waals surface area contributed by atoms with Crippen molar-refractivity contribution in [3.8, 4) is 0 Å². The van der Waals surface area contributed by atoms with Gasteiger partial charge in [0.1, 0.15) is 12.3 Å². The third-order valence-electron chi connectivity index (χ3n) is 2.25. The van der Waals surface area contributed by atoms with E-state index in [1.807, 2.05) is 51.1 Å². The molecular weight excluding hydrogens is 230 g/mol. The van der Waals surface area contributed by atoms with Gasteiger partial charge in [-0.05, 0) is 26.3 Å². The second kappa shape index (κ2) is 6.31. The fourth-order valence-electron chi connectivity index (χ4n) is 1.54. The Kier molecular flexibility index (Phi) is 5.04. The molecule has 0 aliphatic heterocycles. The van der Waals surface area contributed by atoms with E-state index in [4.69, 9.17) is 4.84 Å². The van der Waals surface area contributed by atoms with E-state index in [-0.39, 0.29) is 0 Å². The molecule has 4 heteroatoms. The van der Waals surface area contributed by atoms with E-state index in [9.17, 15) is 9.59 Å². The van der Waals surface area contributed by atoms with Gasteiger partial charge < -0.3 is 4.79 Å². The number of carbonyl (C=O) groups excluding carboxylic acids is 2. The van der Waals surface area contributed by atoms with Gasteiger partial charge in [0, 0.05) is 6.42 Å². The van der Waals surface area contributed by atoms with E-state index in [0.717, 1.165) is 16.9 Å². The first-order chi connectivity index (χ1) is 8.46. The third kappa shape index (κ3) is 4.67. The lowest BCUT2D eigenvalue weighted by Gasteiger charge is -2.30. The summed E-state index contributed by atoms with van der Waals surface area (Å²) in [7, 11) is 0. The molecule has 0 saturated heterocycles. The molecule has 0 bridgehead atoms. The molecule has 0 fully saturated rings. The molecular formula is C14H19NO3. The van der Waals surface area contributed by atoms with E-state index in [1.54, 1.807) is 0 Å². The van der Waals surface area contributed by atoms with Crippen molar-refractivity contribution in [2.24, 2.45) is 0 Å². The number of amides is 1. The molecule has 18 heavy (non-hydrogen) atoms. The van der Waals surface area contributed by atoms with Crippen LogP contribution in [0, 0.1) is 0 Å². The first kappa shape index (κ1) is 14.4. The summed E-state index contributed by atoms with van der Waals surface area (Å²) in [4.78, 5) is 27.6. The van der Waals surface area contributed by atoms with Gasteiger partial charge in [-0.25, -0.2) is 5.06 Å². The van der Waals surface area contributed by atoms with Gasteiger partial charge in [0.25, 0.3) is 0 Å². The van der Waals surface area contributed by atoms with Gasteiger partial charge in [0.15, 0.2) is 0 Å². The molecule has 0 aliphatic carbocycles. The number of hydroxylamine groups is 2. The third-order valence-corrected chi connectivity index (χ3v) is 2.25. The van der Waals surface area contributed by atoms with E-state index in [2.05, 4.69) is 0 Å². The highest BCUT2D eigenvalue weighted by atomic mass is 16.7. The number of carbonyl (C=O) groups is 2. The first-order valence-electron chi connectivity index (χ1n) is 5.88. The predicted octanol–water partition coefficient (Wildman–Crippen LogP) is 1.99. The summed E-state index contributed by atoms with van der Waals surface area (Å²) in [5.41, 5.74) is 0.470. The number of hydrogen-bond donors (Lipinski definition) is 0. The lowest BCUT2D eigenvalue weighted by atomic mass is 10.1. The van der Waals surface area contributed by atoms with Crippen LogP contribution in [0.25, 0.3) is 0 Å². The lowest BCUT2D eigenvalue weighted by molar-refractivity contribution is -0.228. The minimum absolute atomic E-state index is 0.444. The summed E-state index contributed by atoms with van der Waals surface area (Å²) in [5, 5.41) is 1.08.